The van der Waals surface area contributed by atoms with Crippen molar-refractivity contribution in [1.29, 1.82) is 0 Å². The Kier molecular flexibility index (Phi) is 3.89. The molecule has 1 heteroatoms. The molecule has 1 heterocycles. The van der Waals surface area contributed by atoms with Gasteiger partial charge in [0.2, 0.25) is 0 Å². The predicted octanol–water partition coefficient (Wildman–Crippen LogP) is 5.78. The number of hydrogen-bond donors (Lipinski definition) is 0. The molecule has 1 aliphatic heterocycles. The van der Waals surface area contributed by atoms with E-state index in [0.29, 0.717) is 0 Å². The topological polar surface area (TPSA) is 9.23 Å². The van der Waals surface area contributed by atoms with Crippen LogP contribution in [-0.4, -0.2) is 0 Å². The van der Waals surface area contributed by atoms with Gasteiger partial charge in [-0.1, -0.05) is 109 Å². The minimum absolute atomic E-state index is 0.534. The molecule has 0 unspecified atom stereocenters. The molecule has 0 radical (unpaired) electrons. The van der Waals surface area contributed by atoms with Crippen molar-refractivity contribution < 1.29 is 4.74 Å². The Labute approximate surface area is 192 Å². The summed E-state index contributed by atoms with van der Waals surface area (Å²) in [5, 5.41) is 7.65. The molecule has 0 fully saturated rings. The van der Waals surface area contributed by atoms with Crippen molar-refractivity contribution in [2.24, 2.45) is 0 Å². The Hall–Kier alpha value is -4.10. The minimum atomic E-state index is -0.534. The van der Waals surface area contributed by atoms with Crippen LogP contribution in [0.3, 0.4) is 0 Å². The van der Waals surface area contributed by atoms with E-state index in [4.69, 9.17) is 4.74 Å². The third kappa shape index (κ3) is 2.66. The van der Waals surface area contributed by atoms with E-state index >= 15 is 0 Å². The van der Waals surface area contributed by atoms with Gasteiger partial charge in [0.1, 0.15) is 5.75 Å². The van der Waals surface area contributed by atoms with E-state index in [0.717, 1.165) is 12.2 Å². The molecule has 7 rings (SSSR count). The lowest BCUT2D eigenvalue weighted by Gasteiger charge is -2.37. The molecule has 0 amide bonds. The third-order valence-corrected chi connectivity index (χ3v) is 7.14. The first-order valence-corrected chi connectivity index (χ1v) is 11.5. The van der Waals surface area contributed by atoms with E-state index in [1.54, 1.807) is 0 Å². The molecule has 0 atom stereocenters. The van der Waals surface area contributed by atoms with Gasteiger partial charge in [-0.25, -0.2) is 0 Å². The highest BCUT2D eigenvalue weighted by Crippen LogP contribution is 2.40. The lowest BCUT2D eigenvalue weighted by atomic mass is 9.81. The fraction of sp³-hybridized carbons (Fsp3) is 0.0625. The first-order valence-electron chi connectivity index (χ1n) is 11.5. The number of hydrogen-bond acceptors (Lipinski definition) is 1. The van der Waals surface area contributed by atoms with E-state index in [1.165, 1.54) is 48.3 Å². The van der Waals surface area contributed by atoms with Gasteiger partial charge in [-0.15, -0.1) is 0 Å². The van der Waals surface area contributed by atoms with Crippen LogP contribution in [0.15, 0.2) is 109 Å². The standard InChI is InChI=1S/C32H22O/c1-3-10-24(11-4-1)32(25-12-5-2-6-13-25)20-19-28-30(33-32)18-16-22-15-17-27-26-14-8-7-9-23(26)21-29(27)31(22)28/h1-19,21H,20H2. The van der Waals surface area contributed by atoms with E-state index in [1.807, 2.05) is 0 Å². The highest BCUT2D eigenvalue weighted by Gasteiger charge is 2.38. The zero-order chi connectivity index (χ0) is 21.8. The predicted molar refractivity (Wildman–Crippen MR) is 134 cm³/mol. The quantitative estimate of drug-likeness (QED) is 0.344. The second-order valence-electron chi connectivity index (χ2n) is 8.90. The molecule has 0 saturated heterocycles. The highest BCUT2D eigenvalue weighted by molar-refractivity contribution is 5.94. The average Bonchev–Trinajstić information content (AvgIpc) is 3.28. The summed E-state index contributed by atoms with van der Waals surface area (Å²) in [5.74, 6) is 0.944. The summed E-state index contributed by atoms with van der Waals surface area (Å²) in [4.78, 5) is 0. The maximum absolute atomic E-state index is 6.99. The minimum Gasteiger partial charge on any atom is -0.477 e. The second-order valence-corrected chi connectivity index (χ2v) is 8.90. The van der Waals surface area contributed by atoms with E-state index < -0.39 is 5.60 Å². The molecule has 1 nitrogen and oxygen atoms in total. The number of benzene rings is 5. The first kappa shape index (κ1) is 18.5. The van der Waals surface area contributed by atoms with Gasteiger partial charge in [-0.05, 0) is 38.7 Å². The molecule has 33 heavy (non-hydrogen) atoms. The SMILES string of the molecule is C1=c2ccccc2=c2ccc3ccc4c(c3c21)=CCC(c1ccccc1)(c1ccccc1)O4. The highest BCUT2D eigenvalue weighted by atomic mass is 16.5. The molecular formula is C32H22O. The zero-order valence-corrected chi connectivity index (χ0v) is 18.2. The van der Waals surface area contributed by atoms with Crippen LogP contribution in [0.4, 0.5) is 0 Å². The molecule has 0 bridgehead atoms. The van der Waals surface area contributed by atoms with Gasteiger partial charge >= 0.3 is 0 Å². The molecular weight excluding hydrogens is 400 g/mol. The number of rotatable bonds is 2. The van der Waals surface area contributed by atoms with Gasteiger partial charge < -0.3 is 4.74 Å². The van der Waals surface area contributed by atoms with Gasteiger partial charge in [0.15, 0.2) is 5.60 Å². The van der Waals surface area contributed by atoms with Crippen LogP contribution in [0.2, 0.25) is 0 Å². The van der Waals surface area contributed by atoms with Crippen molar-refractivity contribution in [1.82, 2.24) is 0 Å². The van der Waals surface area contributed by atoms with Gasteiger partial charge in [-0.3, -0.25) is 0 Å². The molecule has 5 aromatic carbocycles. The summed E-state index contributed by atoms with van der Waals surface area (Å²) in [6.07, 6.45) is 5.50. The fourth-order valence-corrected chi connectivity index (χ4v) is 5.56. The average molecular weight is 423 g/mol. The Morgan fingerprint density at radius 2 is 1.27 bits per heavy atom. The normalized spacial score (nSPS) is 14.9. The maximum Gasteiger partial charge on any atom is 0.162 e. The third-order valence-electron chi connectivity index (χ3n) is 7.14. The van der Waals surface area contributed by atoms with Crippen LogP contribution in [0.25, 0.3) is 22.9 Å². The van der Waals surface area contributed by atoms with Crippen LogP contribution >= 0.6 is 0 Å². The summed E-state index contributed by atoms with van der Waals surface area (Å²) in [6, 6.07) is 38.7. The summed E-state index contributed by atoms with van der Waals surface area (Å²) in [7, 11) is 0. The lowest BCUT2D eigenvalue weighted by molar-refractivity contribution is 0.111. The van der Waals surface area contributed by atoms with Crippen LogP contribution in [0.1, 0.15) is 23.1 Å². The summed E-state index contributed by atoms with van der Waals surface area (Å²) in [5.41, 5.74) is 3.12. The smallest absolute Gasteiger partial charge is 0.162 e. The molecule has 1 aliphatic carbocycles. The number of ether oxygens (including phenoxy) is 1. The van der Waals surface area contributed by atoms with E-state index in [2.05, 4.69) is 121 Å². The van der Waals surface area contributed by atoms with Crippen molar-refractivity contribution in [3.05, 3.63) is 147 Å². The molecule has 0 aromatic heterocycles. The van der Waals surface area contributed by atoms with Crippen molar-refractivity contribution in [2.75, 3.05) is 0 Å². The maximum atomic E-state index is 6.99. The van der Waals surface area contributed by atoms with Gasteiger partial charge in [0.25, 0.3) is 0 Å². The monoisotopic (exact) mass is 422 g/mol. The van der Waals surface area contributed by atoms with Crippen LogP contribution in [0.5, 0.6) is 5.75 Å². The Balaban J connectivity index is 1.51. The zero-order valence-electron chi connectivity index (χ0n) is 18.2. The molecule has 0 saturated carbocycles. The number of fused-ring (bicyclic) bond motifs is 6. The van der Waals surface area contributed by atoms with E-state index in [-0.39, 0.29) is 0 Å². The van der Waals surface area contributed by atoms with Crippen molar-refractivity contribution in [3.8, 4) is 5.75 Å². The van der Waals surface area contributed by atoms with Crippen LogP contribution in [0, 0.1) is 10.4 Å². The molecule has 2 aliphatic rings. The lowest BCUT2D eigenvalue weighted by Crippen LogP contribution is -2.38. The largest absolute Gasteiger partial charge is 0.477 e. The van der Waals surface area contributed by atoms with Crippen LogP contribution in [-0.2, 0) is 5.60 Å². The molecule has 0 spiro atoms. The summed E-state index contributed by atoms with van der Waals surface area (Å²) in [6.45, 7) is 0. The van der Waals surface area contributed by atoms with E-state index in [9.17, 15) is 0 Å². The fourth-order valence-electron chi connectivity index (χ4n) is 5.56. The van der Waals surface area contributed by atoms with Gasteiger partial charge in [-0.2, -0.15) is 0 Å². The molecule has 5 aromatic rings. The van der Waals surface area contributed by atoms with Crippen molar-refractivity contribution in [2.45, 2.75) is 12.0 Å². The Bertz CT molecular complexity index is 1710. The Morgan fingerprint density at radius 3 is 2.03 bits per heavy atom. The Morgan fingerprint density at radius 1 is 0.606 bits per heavy atom. The summed E-state index contributed by atoms with van der Waals surface area (Å²) >= 11 is 0. The van der Waals surface area contributed by atoms with Crippen LogP contribution < -0.4 is 15.2 Å². The van der Waals surface area contributed by atoms with Crippen molar-refractivity contribution >= 4 is 22.9 Å². The van der Waals surface area contributed by atoms with Gasteiger partial charge in [0, 0.05) is 28.2 Å². The molecule has 0 N–H and O–H groups in total. The molecule has 156 valence electrons. The van der Waals surface area contributed by atoms with Gasteiger partial charge in [0.05, 0.1) is 0 Å². The summed E-state index contributed by atoms with van der Waals surface area (Å²) < 4.78 is 6.99. The first-order chi connectivity index (χ1) is 16.3. The second kappa shape index (κ2) is 6.95. The van der Waals surface area contributed by atoms with Crippen molar-refractivity contribution in [3.63, 3.8) is 0 Å².